The maximum atomic E-state index is 6.29. The fraction of sp³-hybridized carbons (Fsp3) is 0.348. The van der Waals surface area contributed by atoms with Crippen LogP contribution in [0, 0.1) is 5.92 Å². The van der Waals surface area contributed by atoms with E-state index in [1.165, 1.54) is 53.9 Å². The summed E-state index contributed by atoms with van der Waals surface area (Å²) in [4.78, 5) is 6.29. The van der Waals surface area contributed by atoms with Crippen molar-refractivity contribution in [3.8, 4) is 0 Å². The van der Waals surface area contributed by atoms with Crippen LogP contribution < -0.4 is 0 Å². The van der Waals surface area contributed by atoms with Crippen molar-refractivity contribution in [3.63, 3.8) is 0 Å². The van der Waals surface area contributed by atoms with Crippen LogP contribution in [0.1, 0.15) is 41.2 Å². The van der Waals surface area contributed by atoms with E-state index in [9.17, 15) is 0 Å². The molecule has 6 rings (SSSR count). The van der Waals surface area contributed by atoms with Crippen molar-refractivity contribution in [2.24, 2.45) is 11.1 Å². The van der Waals surface area contributed by atoms with Crippen LogP contribution in [0.3, 0.4) is 0 Å². The van der Waals surface area contributed by atoms with Gasteiger partial charge in [-0.15, -0.1) is 0 Å². The molecule has 0 radical (unpaired) electrons. The lowest BCUT2D eigenvalue weighted by atomic mass is 9.85. The summed E-state index contributed by atoms with van der Waals surface area (Å²) in [5.74, 6) is 0.615. The van der Waals surface area contributed by atoms with E-state index in [-0.39, 0.29) is 6.10 Å². The Morgan fingerprint density at radius 2 is 1.46 bits per heavy atom. The summed E-state index contributed by atoms with van der Waals surface area (Å²) in [7, 11) is 2.35. The van der Waals surface area contributed by atoms with E-state index < -0.39 is 0 Å². The number of nitrogens with zero attached hydrogens (tertiary/aromatic N) is 2. The second kappa shape index (κ2) is 6.10. The highest BCUT2D eigenvalue weighted by Gasteiger charge is 2.41. The lowest BCUT2D eigenvalue weighted by Gasteiger charge is -2.46. The number of hydrogen-bond acceptors (Lipinski definition) is 2. The SMILES string of the molecule is C[N+]12CCC(CC1)/C(=N\OC1c3ccccc3C=Cc3ccccc31)C2. The number of quaternary nitrogens is 1. The largest absolute Gasteiger partial charge is 0.383 e. The molecule has 0 saturated carbocycles. The Labute approximate surface area is 155 Å². The van der Waals surface area contributed by atoms with Gasteiger partial charge in [-0.2, -0.15) is 0 Å². The highest BCUT2D eigenvalue weighted by atomic mass is 16.6. The van der Waals surface area contributed by atoms with Gasteiger partial charge in [-0.25, -0.2) is 0 Å². The molecule has 3 nitrogen and oxygen atoms in total. The van der Waals surface area contributed by atoms with Crippen molar-refractivity contribution in [2.45, 2.75) is 18.9 Å². The third kappa shape index (κ3) is 2.67. The van der Waals surface area contributed by atoms with Crippen molar-refractivity contribution >= 4 is 17.9 Å². The van der Waals surface area contributed by atoms with Crippen LogP contribution in [0.5, 0.6) is 0 Å². The van der Waals surface area contributed by atoms with Crippen molar-refractivity contribution < 1.29 is 9.32 Å². The molecule has 3 fully saturated rings. The monoisotopic (exact) mass is 345 g/mol. The molecule has 3 aliphatic heterocycles. The minimum absolute atomic E-state index is 0.148. The van der Waals surface area contributed by atoms with Crippen LogP contribution in [0.25, 0.3) is 12.2 Å². The van der Waals surface area contributed by atoms with Gasteiger partial charge in [-0.1, -0.05) is 65.8 Å². The molecule has 0 N–H and O–H groups in total. The number of rotatable bonds is 2. The Bertz CT molecular complexity index is 841. The van der Waals surface area contributed by atoms with Crippen LogP contribution in [-0.4, -0.2) is 36.9 Å². The van der Waals surface area contributed by atoms with E-state index in [4.69, 9.17) is 9.99 Å². The molecule has 2 bridgehead atoms. The van der Waals surface area contributed by atoms with Gasteiger partial charge in [-0.05, 0) is 11.1 Å². The van der Waals surface area contributed by atoms with E-state index in [0.29, 0.717) is 5.92 Å². The highest BCUT2D eigenvalue weighted by molar-refractivity contribution is 5.88. The molecule has 0 unspecified atom stereocenters. The Balaban J connectivity index is 1.52. The average molecular weight is 345 g/mol. The fourth-order valence-corrected chi connectivity index (χ4v) is 4.69. The summed E-state index contributed by atoms with van der Waals surface area (Å²) in [5, 5.41) is 4.75. The topological polar surface area (TPSA) is 21.6 Å². The van der Waals surface area contributed by atoms with E-state index in [1.807, 2.05) is 0 Å². The first kappa shape index (κ1) is 15.8. The molecule has 4 aliphatic rings. The smallest absolute Gasteiger partial charge is 0.178 e. The normalized spacial score (nSPS) is 28.5. The summed E-state index contributed by atoms with van der Waals surface area (Å²) in [5.41, 5.74) is 6.07. The van der Waals surface area contributed by atoms with Gasteiger partial charge in [0.1, 0.15) is 12.3 Å². The Kier molecular flexibility index (Phi) is 3.71. The lowest BCUT2D eigenvalue weighted by Crippen LogP contribution is -2.59. The van der Waals surface area contributed by atoms with Gasteiger partial charge in [-0.3, -0.25) is 0 Å². The molecule has 26 heavy (non-hydrogen) atoms. The molecule has 3 saturated heterocycles. The third-order valence-corrected chi connectivity index (χ3v) is 6.32. The van der Waals surface area contributed by atoms with Crippen LogP contribution in [0.2, 0.25) is 0 Å². The molecule has 0 amide bonds. The first-order valence-electron chi connectivity index (χ1n) is 9.64. The van der Waals surface area contributed by atoms with Gasteiger partial charge in [0.25, 0.3) is 0 Å². The molecular weight excluding hydrogens is 320 g/mol. The number of fused-ring (bicyclic) bond motifs is 5. The zero-order valence-electron chi connectivity index (χ0n) is 15.3. The Morgan fingerprint density at radius 1 is 0.885 bits per heavy atom. The molecule has 1 aliphatic carbocycles. The van der Waals surface area contributed by atoms with Gasteiger partial charge in [0.05, 0.1) is 20.1 Å². The van der Waals surface area contributed by atoms with E-state index in [1.54, 1.807) is 0 Å². The van der Waals surface area contributed by atoms with Gasteiger partial charge >= 0.3 is 0 Å². The average Bonchev–Trinajstić information content (AvgIpc) is 2.83. The van der Waals surface area contributed by atoms with Gasteiger partial charge < -0.3 is 9.32 Å². The lowest BCUT2D eigenvalue weighted by molar-refractivity contribution is -0.911. The Hall–Kier alpha value is -2.39. The predicted molar refractivity (Wildman–Crippen MR) is 106 cm³/mol. The minimum atomic E-state index is -0.148. The van der Waals surface area contributed by atoms with Gasteiger partial charge in [0.15, 0.2) is 6.10 Å². The van der Waals surface area contributed by atoms with Crippen molar-refractivity contribution in [1.29, 1.82) is 0 Å². The molecule has 3 heteroatoms. The van der Waals surface area contributed by atoms with E-state index >= 15 is 0 Å². The zero-order valence-corrected chi connectivity index (χ0v) is 15.3. The van der Waals surface area contributed by atoms with Crippen molar-refractivity contribution in [2.75, 3.05) is 26.7 Å². The van der Waals surface area contributed by atoms with Crippen LogP contribution in [0.4, 0.5) is 0 Å². The summed E-state index contributed by atoms with van der Waals surface area (Å²) >= 11 is 0. The highest BCUT2D eigenvalue weighted by Crippen LogP contribution is 2.36. The zero-order chi connectivity index (χ0) is 17.6. The summed E-state index contributed by atoms with van der Waals surface area (Å²) in [6, 6.07) is 17.0. The standard InChI is InChI=1S/C23H25N2O/c1-25-14-12-19(13-15-25)22(16-25)24-26-23-20-8-4-2-6-17(20)10-11-18-7-3-5-9-21(18)23/h2-11,19,23H,12-16H2,1H3/q+1/b24-22-. The minimum Gasteiger partial charge on any atom is -0.383 e. The van der Waals surface area contributed by atoms with Crippen LogP contribution >= 0.6 is 0 Å². The molecular formula is C23H25N2O+. The fourth-order valence-electron chi connectivity index (χ4n) is 4.69. The number of hydrogen-bond donors (Lipinski definition) is 0. The summed E-state index contributed by atoms with van der Waals surface area (Å²) in [6.45, 7) is 3.60. The Morgan fingerprint density at radius 3 is 2.04 bits per heavy atom. The van der Waals surface area contributed by atoms with E-state index in [2.05, 4.69) is 67.7 Å². The number of piperidine rings is 3. The molecule has 3 heterocycles. The van der Waals surface area contributed by atoms with Crippen LogP contribution in [-0.2, 0) is 4.84 Å². The molecule has 2 aromatic carbocycles. The summed E-state index contributed by atoms with van der Waals surface area (Å²) in [6.07, 6.45) is 6.72. The third-order valence-electron chi connectivity index (χ3n) is 6.32. The van der Waals surface area contributed by atoms with Gasteiger partial charge in [0.2, 0.25) is 0 Å². The number of oxime groups is 1. The van der Waals surface area contributed by atoms with Crippen LogP contribution in [0.15, 0.2) is 53.7 Å². The second-order valence-electron chi connectivity index (χ2n) is 8.16. The second-order valence-corrected chi connectivity index (χ2v) is 8.16. The molecule has 0 spiro atoms. The summed E-state index contributed by atoms with van der Waals surface area (Å²) < 4.78 is 1.12. The molecule has 0 aromatic heterocycles. The van der Waals surface area contributed by atoms with E-state index in [0.717, 1.165) is 11.0 Å². The molecule has 0 atom stereocenters. The van der Waals surface area contributed by atoms with Crippen molar-refractivity contribution in [3.05, 3.63) is 70.8 Å². The quantitative estimate of drug-likeness (QED) is 0.580. The first-order chi connectivity index (χ1) is 12.7. The molecule has 132 valence electrons. The predicted octanol–water partition coefficient (Wildman–Crippen LogP) is 4.50. The molecule has 2 aromatic rings. The first-order valence-corrected chi connectivity index (χ1v) is 9.64. The maximum absolute atomic E-state index is 6.29. The number of benzene rings is 2. The van der Waals surface area contributed by atoms with Gasteiger partial charge in [0, 0.05) is 29.9 Å². The maximum Gasteiger partial charge on any atom is 0.178 e. The van der Waals surface area contributed by atoms with Crippen molar-refractivity contribution in [1.82, 2.24) is 0 Å².